The number of hydrogen-bond acceptors (Lipinski definition) is 4. The Kier molecular flexibility index (Phi) is 7.89. The van der Waals surface area contributed by atoms with Crippen molar-refractivity contribution in [3.63, 3.8) is 0 Å². The van der Waals surface area contributed by atoms with Gasteiger partial charge in [0.15, 0.2) is 0 Å². The standard InChI is InChI=1S/C13H21N3O2/c1-2-3-4-8-17-10-13(14)11-18-9-7-16-6-5-15-12-16/h5-6,12-13H,4,7-11,14H2,1H3. The Morgan fingerprint density at radius 1 is 1.33 bits per heavy atom. The summed E-state index contributed by atoms with van der Waals surface area (Å²) < 4.78 is 12.8. The number of rotatable bonds is 9. The van der Waals surface area contributed by atoms with E-state index in [1.165, 1.54) is 0 Å². The van der Waals surface area contributed by atoms with Crippen LogP contribution in [0.1, 0.15) is 13.3 Å². The number of ether oxygens (including phenoxy) is 2. The minimum atomic E-state index is -0.0811. The molecule has 0 radical (unpaired) electrons. The second-order valence-electron chi connectivity index (χ2n) is 3.89. The van der Waals surface area contributed by atoms with Gasteiger partial charge >= 0.3 is 0 Å². The average Bonchev–Trinajstić information content (AvgIpc) is 2.87. The number of aromatic nitrogens is 2. The third-order valence-electron chi connectivity index (χ3n) is 2.27. The first kappa shape index (κ1) is 14.7. The van der Waals surface area contributed by atoms with E-state index in [0.717, 1.165) is 13.0 Å². The molecule has 1 unspecified atom stereocenters. The summed E-state index contributed by atoms with van der Waals surface area (Å²) in [5.74, 6) is 5.75. The van der Waals surface area contributed by atoms with Crippen molar-refractivity contribution in [2.24, 2.45) is 5.73 Å². The van der Waals surface area contributed by atoms with E-state index in [4.69, 9.17) is 15.2 Å². The van der Waals surface area contributed by atoms with Crippen LogP contribution in [0.25, 0.3) is 0 Å². The average molecular weight is 251 g/mol. The predicted octanol–water partition coefficient (Wildman–Crippen LogP) is 0.657. The van der Waals surface area contributed by atoms with E-state index in [1.54, 1.807) is 12.5 Å². The highest BCUT2D eigenvalue weighted by molar-refractivity contribution is 4.94. The van der Waals surface area contributed by atoms with Gasteiger partial charge in [-0.05, 0) is 6.92 Å². The first-order chi connectivity index (χ1) is 8.83. The number of hydrogen-bond donors (Lipinski definition) is 1. The lowest BCUT2D eigenvalue weighted by Crippen LogP contribution is -2.32. The fraction of sp³-hybridized carbons (Fsp3) is 0.615. The molecule has 18 heavy (non-hydrogen) atoms. The van der Waals surface area contributed by atoms with E-state index in [-0.39, 0.29) is 6.04 Å². The number of imidazole rings is 1. The molecule has 5 heteroatoms. The second-order valence-corrected chi connectivity index (χ2v) is 3.89. The first-order valence-corrected chi connectivity index (χ1v) is 6.09. The van der Waals surface area contributed by atoms with Gasteiger partial charge in [-0.2, -0.15) is 0 Å². The van der Waals surface area contributed by atoms with Crippen LogP contribution in [-0.4, -0.2) is 42.0 Å². The van der Waals surface area contributed by atoms with Crippen LogP contribution in [0.15, 0.2) is 18.7 Å². The molecule has 2 N–H and O–H groups in total. The zero-order valence-corrected chi connectivity index (χ0v) is 10.8. The highest BCUT2D eigenvalue weighted by Gasteiger charge is 2.02. The van der Waals surface area contributed by atoms with Crippen molar-refractivity contribution in [3.05, 3.63) is 18.7 Å². The molecule has 1 heterocycles. The van der Waals surface area contributed by atoms with Gasteiger partial charge in [-0.3, -0.25) is 0 Å². The van der Waals surface area contributed by atoms with Gasteiger partial charge in [0.2, 0.25) is 0 Å². The molecule has 5 nitrogen and oxygen atoms in total. The molecule has 0 aromatic carbocycles. The molecule has 0 amide bonds. The summed E-state index contributed by atoms with van der Waals surface area (Å²) in [6, 6.07) is -0.0811. The van der Waals surface area contributed by atoms with Crippen LogP contribution >= 0.6 is 0 Å². The monoisotopic (exact) mass is 251 g/mol. The van der Waals surface area contributed by atoms with Gasteiger partial charge in [0.05, 0.1) is 38.8 Å². The molecule has 1 aromatic heterocycles. The molecule has 0 aliphatic carbocycles. The van der Waals surface area contributed by atoms with Crippen molar-refractivity contribution in [2.75, 3.05) is 26.4 Å². The molecule has 0 bridgehead atoms. The maximum Gasteiger partial charge on any atom is 0.0946 e. The van der Waals surface area contributed by atoms with Crippen LogP contribution < -0.4 is 5.73 Å². The Morgan fingerprint density at radius 3 is 2.78 bits per heavy atom. The Bertz CT molecular complexity index is 354. The van der Waals surface area contributed by atoms with Gasteiger partial charge in [-0.1, -0.05) is 0 Å². The van der Waals surface area contributed by atoms with E-state index in [1.807, 2.05) is 17.7 Å². The molecular weight excluding hydrogens is 230 g/mol. The topological polar surface area (TPSA) is 62.3 Å². The molecule has 0 aliphatic heterocycles. The van der Waals surface area contributed by atoms with Gasteiger partial charge in [0, 0.05) is 25.4 Å². The lowest BCUT2D eigenvalue weighted by Gasteiger charge is -2.12. The quantitative estimate of drug-likeness (QED) is 0.517. The minimum Gasteiger partial charge on any atom is -0.379 e. The predicted molar refractivity (Wildman–Crippen MR) is 69.9 cm³/mol. The lowest BCUT2D eigenvalue weighted by atomic mass is 10.3. The molecule has 0 saturated heterocycles. The van der Waals surface area contributed by atoms with Crippen molar-refractivity contribution in [2.45, 2.75) is 25.9 Å². The van der Waals surface area contributed by atoms with Crippen LogP contribution in [-0.2, 0) is 16.0 Å². The van der Waals surface area contributed by atoms with Gasteiger partial charge in [0.25, 0.3) is 0 Å². The third-order valence-corrected chi connectivity index (χ3v) is 2.27. The first-order valence-electron chi connectivity index (χ1n) is 6.09. The summed E-state index contributed by atoms with van der Waals surface area (Å²) in [7, 11) is 0. The van der Waals surface area contributed by atoms with Crippen LogP contribution in [0.5, 0.6) is 0 Å². The maximum atomic E-state index is 5.84. The summed E-state index contributed by atoms with van der Waals surface area (Å²) >= 11 is 0. The van der Waals surface area contributed by atoms with E-state index < -0.39 is 0 Å². The Morgan fingerprint density at radius 2 is 2.11 bits per heavy atom. The third kappa shape index (κ3) is 7.07. The molecule has 1 rings (SSSR count). The second kappa shape index (κ2) is 9.66. The van der Waals surface area contributed by atoms with Gasteiger partial charge in [0.1, 0.15) is 0 Å². The normalized spacial score (nSPS) is 11.9. The smallest absolute Gasteiger partial charge is 0.0946 e. The minimum absolute atomic E-state index is 0.0811. The lowest BCUT2D eigenvalue weighted by molar-refractivity contribution is 0.0664. The maximum absolute atomic E-state index is 5.84. The van der Waals surface area contributed by atoms with E-state index >= 15 is 0 Å². The molecule has 1 aromatic rings. The van der Waals surface area contributed by atoms with Crippen molar-refractivity contribution >= 4 is 0 Å². The molecule has 0 fully saturated rings. The Balaban J connectivity index is 1.92. The van der Waals surface area contributed by atoms with E-state index in [9.17, 15) is 0 Å². The van der Waals surface area contributed by atoms with E-state index in [2.05, 4.69) is 16.8 Å². The highest BCUT2D eigenvalue weighted by atomic mass is 16.5. The molecule has 1 atom stereocenters. The van der Waals surface area contributed by atoms with Crippen LogP contribution in [0.4, 0.5) is 0 Å². The zero-order valence-electron chi connectivity index (χ0n) is 10.8. The van der Waals surface area contributed by atoms with Crippen LogP contribution in [0, 0.1) is 11.8 Å². The molecule has 0 spiro atoms. The summed E-state index contributed by atoms with van der Waals surface area (Å²) in [4.78, 5) is 3.95. The summed E-state index contributed by atoms with van der Waals surface area (Å²) in [5, 5.41) is 0. The number of nitrogens with two attached hydrogens (primary N) is 1. The largest absolute Gasteiger partial charge is 0.379 e. The summed E-state index contributed by atoms with van der Waals surface area (Å²) in [6.07, 6.45) is 6.17. The Labute approximate surface area is 108 Å². The SMILES string of the molecule is CC#CCCOCC(N)COCCn1ccnc1. The van der Waals surface area contributed by atoms with Crippen molar-refractivity contribution < 1.29 is 9.47 Å². The molecule has 0 aliphatic rings. The van der Waals surface area contributed by atoms with Crippen molar-refractivity contribution in [1.29, 1.82) is 0 Å². The molecular formula is C13H21N3O2. The number of nitrogens with zero attached hydrogens (tertiary/aromatic N) is 2. The highest BCUT2D eigenvalue weighted by Crippen LogP contribution is 1.90. The van der Waals surface area contributed by atoms with Crippen LogP contribution in [0.2, 0.25) is 0 Å². The van der Waals surface area contributed by atoms with Gasteiger partial charge < -0.3 is 19.8 Å². The zero-order chi connectivity index (χ0) is 13.1. The van der Waals surface area contributed by atoms with Gasteiger partial charge in [-0.15, -0.1) is 11.8 Å². The fourth-order valence-corrected chi connectivity index (χ4v) is 1.35. The van der Waals surface area contributed by atoms with E-state index in [0.29, 0.717) is 26.4 Å². The summed E-state index contributed by atoms with van der Waals surface area (Å²) in [6.45, 7) is 4.89. The van der Waals surface area contributed by atoms with Crippen molar-refractivity contribution in [3.8, 4) is 11.8 Å². The van der Waals surface area contributed by atoms with Crippen molar-refractivity contribution in [1.82, 2.24) is 9.55 Å². The molecule has 0 saturated carbocycles. The van der Waals surface area contributed by atoms with Gasteiger partial charge in [-0.25, -0.2) is 4.98 Å². The van der Waals surface area contributed by atoms with Crippen LogP contribution in [0.3, 0.4) is 0 Å². The fourth-order valence-electron chi connectivity index (χ4n) is 1.35. The Hall–Kier alpha value is -1.35. The summed E-state index contributed by atoms with van der Waals surface area (Å²) in [5.41, 5.74) is 5.84. The molecule has 100 valence electrons.